The van der Waals surface area contributed by atoms with Gasteiger partial charge < -0.3 is 9.51 Å². The van der Waals surface area contributed by atoms with Gasteiger partial charge in [0.2, 0.25) is 5.13 Å². The van der Waals surface area contributed by atoms with Crippen molar-refractivity contribution in [3.63, 3.8) is 0 Å². The van der Waals surface area contributed by atoms with Gasteiger partial charge in [-0.1, -0.05) is 65.0 Å². The number of aliphatic hydroxyl groups excluding tert-OH is 1. The number of amides is 1. The van der Waals surface area contributed by atoms with Crippen LogP contribution in [0.1, 0.15) is 34.1 Å². The van der Waals surface area contributed by atoms with Crippen molar-refractivity contribution in [3.8, 4) is 0 Å². The monoisotopic (exact) mass is 605 g/mol. The number of Topliss-reactive ketones (excluding diaryl/α,β-unsaturated/α-hetero) is 1. The lowest BCUT2D eigenvalue weighted by molar-refractivity contribution is -0.132. The predicted molar refractivity (Wildman–Crippen MR) is 157 cm³/mol. The molecule has 6 rings (SSSR count). The van der Waals surface area contributed by atoms with Gasteiger partial charge in [0.25, 0.3) is 5.78 Å². The lowest BCUT2D eigenvalue weighted by atomic mass is 9.96. The fourth-order valence-electron chi connectivity index (χ4n) is 4.75. The second-order valence-corrected chi connectivity index (χ2v) is 12.0. The Bertz CT molecular complexity index is 1850. The van der Waals surface area contributed by atoms with Crippen molar-refractivity contribution in [3.05, 3.63) is 111 Å². The quantitative estimate of drug-likeness (QED) is 0.0774. The first-order valence-electron chi connectivity index (χ1n) is 12.4. The Morgan fingerprint density at radius 1 is 1.07 bits per heavy atom. The maximum atomic E-state index is 13.9. The third kappa shape index (κ3) is 4.90. The molecule has 4 heterocycles. The number of anilines is 1. The molecule has 12 heteroatoms. The molecule has 0 saturated carbocycles. The highest BCUT2D eigenvalue weighted by atomic mass is 35.5. The molecular weight excluding hydrogens is 585 g/mol. The van der Waals surface area contributed by atoms with Gasteiger partial charge in [-0.15, -0.1) is 10.2 Å². The van der Waals surface area contributed by atoms with Crippen LogP contribution in [0.3, 0.4) is 0 Å². The molecule has 1 amide bonds. The number of nitrogens with zero attached hydrogens (tertiary/aromatic N) is 5. The number of benzene rings is 2. The zero-order chi connectivity index (χ0) is 28.8. The molecular formula is C29H21ClFN5O3S2. The lowest BCUT2D eigenvalue weighted by Gasteiger charge is -2.22. The van der Waals surface area contributed by atoms with Gasteiger partial charge >= 0.3 is 5.91 Å². The van der Waals surface area contributed by atoms with Crippen molar-refractivity contribution < 1.29 is 19.1 Å². The number of carbonyl (C=O) groups excluding carboxylic acids is 2. The van der Waals surface area contributed by atoms with E-state index in [2.05, 4.69) is 15.2 Å². The van der Waals surface area contributed by atoms with Crippen molar-refractivity contribution in [1.29, 1.82) is 0 Å². The summed E-state index contributed by atoms with van der Waals surface area (Å²) >= 11 is 8.55. The average molecular weight is 606 g/mol. The minimum absolute atomic E-state index is 0.156. The first-order valence-corrected chi connectivity index (χ1v) is 14.6. The van der Waals surface area contributed by atoms with Crippen LogP contribution in [0.2, 0.25) is 5.02 Å². The lowest BCUT2D eigenvalue weighted by Crippen LogP contribution is -2.29. The van der Waals surface area contributed by atoms with Crippen LogP contribution < -0.4 is 4.90 Å². The van der Waals surface area contributed by atoms with Crippen LogP contribution in [0, 0.1) is 19.7 Å². The molecule has 1 aliphatic heterocycles. The number of hydrogen-bond donors (Lipinski definition) is 1. The number of aromatic nitrogens is 4. The first kappa shape index (κ1) is 27.1. The number of aliphatic hydroxyl groups is 1. The summed E-state index contributed by atoms with van der Waals surface area (Å²) in [6, 6.07) is 15.5. The highest BCUT2D eigenvalue weighted by Crippen LogP contribution is 2.44. The van der Waals surface area contributed by atoms with Gasteiger partial charge in [0.15, 0.2) is 10.1 Å². The molecule has 1 aliphatic rings. The second-order valence-electron chi connectivity index (χ2n) is 9.42. The molecule has 8 nitrogen and oxygen atoms in total. The highest BCUT2D eigenvalue weighted by molar-refractivity contribution is 8.00. The normalized spacial score (nSPS) is 16.7. The summed E-state index contributed by atoms with van der Waals surface area (Å²) in [4.78, 5) is 32.8. The molecule has 0 radical (unpaired) electrons. The SMILES string of the molecule is Cc1cccn2c(C)c(C(O)=C3C(=O)C(=O)N(c4nnc(SCc5ccc(Cl)cc5)s4)C3c3ccc(F)cc3)nc12. The summed E-state index contributed by atoms with van der Waals surface area (Å²) in [6.45, 7) is 3.66. The van der Waals surface area contributed by atoms with Crippen LogP contribution in [0.15, 0.2) is 76.8 Å². The van der Waals surface area contributed by atoms with E-state index >= 15 is 0 Å². The summed E-state index contributed by atoms with van der Waals surface area (Å²) in [5.41, 5.74) is 3.57. The zero-order valence-corrected chi connectivity index (χ0v) is 24.1. The fourth-order valence-corrected chi connectivity index (χ4v) is 6.70. The number of thioether (sulfide) groups is 1. The van der Waals surface area contributed by atoms with Crippen molar-refractivity contribution >= 4 is 62.9 Å². The van der Waals surface area contributed by atoms with Gasteiger partial charge in [-0.05, 0) is 60.9 Å². The molecule has 5 aromatic rings. The summed E-state index contributed by atoms with van der Waals surface area (Å²) in [5.74, 6) is -2.06. The van der Waals surface area contributed by atoms with Crippen molar-refractivity contribution in [2.45, 2.75) is 30.0 Å². The van der Waals surface area contributed by atoms with E-state index in [1.54, 1.807) is 19.1 Å². The molecule has 0 aliphatic carbocycles. The van der Waals surface area contributed by atoms with Crippen molar-refractivity contribution in [2.75, 3.05) is 4.90 Å². The van der Waals surface area contributed by atoms with Crippen molar-refractivity contribution in [2.24, 2.45) is 0 Å². The summed E-state index contributed by atoms with van der Waals surface area (Å²) in [7, 11) is 0. The van der Waals surface area contributed by atoms with Gasteiger partial charge in [-0.25, -0.2) is 9.37 Å². The number of aryl methyl sites for hydroxylation is 2. The average Bonchev–Trinajstić information content (AvgIpc) is 3.64. The zero-order valence-electron chi connectivity index (χ0n) is 21.7. The minimum Gasteiger partial charge on any atom is -0.505 e. The van der Waals surface area contributed by atoms with Gasteiger partial charge in [-0.2, -0.15) is 0 Å². The Hall–Kier alpha value is -4.06. The first-order chi connectivity index (χ1) is 19.7. The highest BCUT2D eigenvalue weighted by Gasteiger charge is 2.48. The Labute approximate surface area is 247 Å². The van der Waals surface area contributed by atoms with E-state index in [4.69, 9.17) is 11.6 Å². The third-order valence-corrected chi connectivity index (χ3v) is 9.19. The van der Waals surface area contributed by atoms with Crippen molar-refractivity contribution in [1.82, 2.24) is 19.6 Å². The van der Waals surface area contributed by atoms with E-state index < -0.39 is 29.3 Å². The standard InChI is InChI=1S/C29H21ClFN5O3S2/c1-15-4-3-13-35-16(2)22(32-26(15)35)24(37)21-23(18-7-11-20(31)12-8-18)36(27(39)25(21)38)28-33-34-29(41-28)40-14-17-5-9-19(30)10-6-17/h3-13,23,37H,14H2,1-2H3. The summed E-state index contributed by atoms with van der Waals surface area (Å²) in [5, 5.41) is 20.8. The maximum absolute atomic E-state index is 13.9. The van der Waals surface area contributed by atoms with Crippen LogP contribution in [0.5, 0.6) is 0 Å². The number of imidazole rings is 1. The number of carbonyl (C=O) groups is 2. The molecule has 1 N–H and O–H groups in total. The summed E-state index contributed by atoms with van der Waals surface area (Å²) < 4.78 is 16.3. The maximum Gasteiger partial charge on any atom is 0.301 e. The van der Waals surface area contributed by atoms with Gasteiger partial charge in [0.05, 0.1) is 17.3 Å². The minimum atomic E-state index is -1.07. The topological polar surface area (TPSA) is 101 Å². The Morgan fingerprint density at radius 2 is 1.80 bits per heavy atom. The number of rotatable bonds is 6. The third-order valence-electron chi connectivity index (χ3n) is 6.82. The van der Waals surface area contributed by atoms with E-state index in [9.17, 15) is 19.1 Å². The number of hydrogen-bond acceptors (Lipinski definition) is 8. The fraction of sp³-hybridized carbons (Fsp3) is 0.138. The van der Waals surface area contributed by atoms with E-state index in [1.165, 1.54) is 40.9 Å². The molecule has 1 atom stereocenters. The van der Waals surface area contributed by atoms with Gasteiger partial charge in [-0.3, -0.25) is 14.5 Å². The predicted octanol–water partition coefficient (Wildman–Crippen LogP) is 6.51. The van der Waals surface area contributed by atoms with Crippen LogP contribution in [0.25, 0.3) is 11.4 Å². The van der Waals surface area contributed by atoms with Crippen LogP contribution in [-0.4, -0.2) is 36.4 Å². The molecule has 206 valence electrons. The van der Waals surface area contributed by atoms with Crippen LogP contribution >= 0.6 is 34.7 Å². The molecule has 1 unspecified atom stereocenters. The molecule has 0 spiro atoms. The molecule has 0 bridgehead atoms. The smallest absolute Gasteiger partial charge is 0.301 e. The van der Waals surface area contributed by atoms with Crippen LogP contribution in [-0.2, 0) is 15.3 Å². The number of ketones is 1. The Kier molecular flexibility index (Phi) is 7.10. The molecule has 1 saturated heterocycles. The second kappa shape index (κ2) is 10.7. The number of fused-ring (bicyclic) bond motifs is 1. The molecule has 2 aromatic carbocycles. The number of pyridine rings is 1. The Balaban J connectivity index is 1.43. The van der Waals surface area contributed by atoms with Gasteiger partial charge in [0.1, 0.15) is 17.2 Å². The summed E-state index contributed by atoms with van der Waals surface area (Å²) in [6.07, 6.45) is 1.81. The van der Waals surface area contributed by atoms with Gasteiger partial charge in [0, 0.05) is 17.0 Å². The molecule has 41 heavy (non-hydrogen) atoms. The van der Waals surface area contributed by atoms with Crippen LogP contribution in [0.4, 0.5) is 9.52 Å². The number of halogens is 2. The van der Waals surface area contributed by atoms with E-state index in [-0.39, 0.29) is 16.4 Å². The van der Waals surface area contributed by atoms with E-state index in [0.29, 0.717) is 32.0 Å². The molecule has 3 aromatic heterocycles. The molecule has 1 fully saturated rings. The van der Waals surface area contributed by atoms with E-state index in [0.717, 1.165) is 22.5 Å². The van der Waals surface area contributed by atoms with E-state index in [1.807, 2.05) is 41.8 Å². The Morgan fingerprint density at radius 3 is 2.51 bits per heavy atom. The largest absolute Gasteiger partial charge is 0.505 e.